The van der Waals surface area contributed by atoms with Crippen molar-refractivity contribution in [3.05, 3.63) is 48.7 Å². The van der Waals surface area contributed by atoms with Crippen molar-refractivity contribution in [3.8, 4) is 11.3 Å². The molecule has 0 atom stereocenters. The number of aliphatic carboxylic acids is 1. The van der Waals surface area contributed by atoms with Gasteiger partial charge in [0.15, 0.2) is 0 Å². The monoisotopic (exact) mass is 281 g/mol. The van der Waals surface area contributed by atoms with Crippen molar-refractivity contribution in [2.75, 3.05) is 0 Å². The molecule has 0 saturated heterocycles. The second kappa shape index (κ2) is 5.75. The smallest absolute Gasteiger partial charge is 0.303 e. The Morgan fingerprint density at radius 1 is 1.14 bits per heavy atom. The molecule has 0 bridgehead atoms. The van der Waals surface area contributed by atoms with Crippen molar-refractivity contribution in [2.45, 2.75) is 19.4 Å². The number of carbonyl (C=O) groups is 1. The molecule has 0 unspecified atom stereocenters. The summed E-state index contributed by atoms with van der Waals surface area (Å²) in [4.78, 5) is 10.6. The molecule has 1 heterocycles. The number of carboxylic acid groups (broad SMARTS) is 1. The van der Waals surface area contributed by atoms with E-state index in [0.717, 1.165) is 16.6 Å². The summed E-state index contributed by atoms with van der Waals surface area (Å²) in [6.07, 6.45) is 2.39. The first kappa shape index (κ1) is 13.3. The maximum Gasteiger partial charge on any atom is 0.303 e. The number of hydrogen-bond donors (Lipinski definition) is 1. The second-order valence-electron chi connectivity index (χ2n) is 4.90. The molecule has 106 valence electrons. The molecule has 1 N–H and O–H groups in total. The molecule has 5 heteroatoms. The van der Waals surface area contributed by atoms with E-state index in [1.165, 1.54) is 5.39 Å². The normalized spacial score (nSPS) is 10.9. The lowest BCUT2D eigenvalue weighted by Gasteiger charge is -2.06. The van der Waals surface area contributed by atoms with Crippen molar-refractivity contribution >= 4 is 16.7 Å². The summed E-state index contributed by atoms with van der Waals surface area (Å²) in [5.74, 6) is -0.789. The summed E-state index contributed by atoms with van der Waals surface area (Å²) in [6.45, 7) is 0.550. The van der Waals surface area contributed by atoms with Gasteiger partial charge in [0.2, 0.25) is 0 Å². The van der Waals surface area contributed by atoms with Crippen LogP contribution in [-0.4, -0.2) is 26.1 Å². The summed E-state index contributed by atoms with van der Waals surface area (Å²) < 4.78 is 1.76. The molecular formula is C16H15N3O2. The highest BCUT2D eigenvalue weighted by atomic mass is 16.4. The average molecular weight is 281 g/mol. The molecule has 21 heavy (non-hydrogen) atoms. The highest BCUT2D eigenvalue weighted by Crippen LogP contribution is 2.23. The molecule has 5 nitrogen and oxygen atoms in total. The Bertz CT molecular complexity index is 780. The van der Waals surface area contributed by atoms with Crippen LogP contribution in [0, 0.1) is 0 Å². The topological polar surface area (TPSA) is 68.0 Å². The Kier molecular flexibility index (Phi) is 3.64. The average Bonchev–Trinajstić information content (AvgIpc) is 2.95. The first-order valence-electron chi connectivity index (χ1n) is 6.83. The van der Waals surface area contributed by atoms with Crippen molar-refractivity contribution in [1.82, 2.24) is 15.0 Å². The van der Waals surface area contributed by atoms with Crippen LogP contribution in [0.2, 0.25) is 0 Å². The number of rotatable bonds is 5. The molecular weight excluding hydrogens is 266 g/mol. The van der Waals surface area contributed by atoms with E-state index in [1.807, 2.05) is 18.2 Å². The largest absolute Gasteiger partial charge is 0.481 e. The fraction of sp³-hybridized carbons (Fsp3) is 0.188. The molecule has 0 aliphatic rings. The molecule has 0 aliphatic heterocycles. The fourth-order valence-corrected chi connectivity index (χ4v) is 2.38. The van der Waals surface area contributed by atoms with Gasteiger partial charge in [0.1, 0.15) is 0 Å². The molecule has 3 rings (SSSR count). The van der Waals surface area contributed by atoms with Crippen LogP contribution in [0.4, 0.5) is 0 Å². The number of nitrogens with zero attached hydrogens (tertiary/aromatic N) is 3. The molecule has 1 aromatic heterocycles. The van der Waals surface area contributed by atoms with E-state index in [1.54, 1.807) is 10.9 Å². The summed E-state index contributed by atoms with van der Waals surface area (Å²) in [5, 5.41) is 19.0. The SMILES string of the molecule is O=C(O)CCCn1nncc1-c1ccc2ccccc2c1. The number of hydrogen-bond acceptors (Lipinski definition) is 3. The van der Waals surface area contributed by atoms with E-state index in [4.69, 9.17) is 5.11 Å². The Hall–Kier alpha value is -2.69. The number of aromatic nitrogens is 3. The molecule has 3 aromatic rings. The van der Waals surface area contributed by atoms with Gasteiger partial charge < -0.3 is 5.11 Å². The van der Waals surface area contributed by atoms with Gasteiger partial charge in [0.25, 0.3) is 0 Å². The first-order valence-corrected chi connectivity index (χ1v) is 6.83. The van der Waals surface area contributed by atoms with Gasteiger partial charge in [-0.2, -0.15) is 0 Å². The minimum atomic E-state index is -0.789. The Balaban J connectivity index is 1.88. The standard InChI is InChI=1S/C16H15N3O2/c20-16(21)6-3-9-19-15(11-17-18-19)14-8-7-12-4-1-2-5-13(12)10-14/h1-2,4-5,7-8,10-11H,3,6,9H2,(H,20,21). The van der Waals surface area contributed by atoms with E-state index in [9.17, 15) is 4.79 Å². The molecule has 0 fully saturated rings. The van der Waals surface area contributed by atoms with Gasteiger partial charge in [-0.05, 0) is 23.3 Å². The Morgan fingerprint density at radius 2 is 1.95 bits per heavy atom. The zero-order valence-corrected chi connectivity index (χ0v) is 11.4. The third kappa shape index (κ3) is 2.91. The van der Waals surface area contributed by atoms with Crippen molar-refractivity contribution in [1.29, 1.82) is 0 Å². The second-order valence-corrected chi connectivity index (χ2v) is 4.90. The van der Waals surface area contributed by atoms with E-state index in [-0.39, 0.29) is 6.42 Å². The van der Waals surface area contributed by atoms with Gasteiger partial charge in [-0.25, -0.2) is 4.68 Å². The maximum atomic E-state index is 10.6. The zero-order valence-electron chi connectivity index (χ0n) is 11.4. The lowest BCUT2D eigenvalue weighted by molar-refractivity contribution is -0.137. The van der Waals surface area contributed by atoms with Gasteiger partial charge in [-0.15, -0.1) is 5.10 Å². The summed E-state index contributed by atoms with van der Waals surface area (Å²) in [6, 6.07) is 14.4. The highest BCUT2D eigenvalue weighted by Gasteiger charge is 2.08. The Labute approximate surface area is 121 Å². The van der Waals surface area contributed by atoms with Gasteiger partial charge >= 0.3 is 5.97 Å². The van der Waals surface area contributed by atoms with Crippen LogP contribution in [0.25, 0.3) is 22.0 Å². The minimum absolute atomic E-state index is 0.136. The first-order chi connectivity index (χ1) is 10.2. The van der Waals surface area contributed by atoms with Gasteiger partial charge in [-0.3, -0.25) is 4.79 Å². The van der Waals surface area contributed by atoms with Crippen LogP contribution in [0.3, 0.4) is 0 Å². The van der Waals surface area contributed by atoms with Crippen LogP contribution < -0.4 is 0 Å². The van der Waals surface area contributed by atoms with Crippen molar-refractivity contribution in [3.63, 3.8) is 0 Å². The van der Waals surface area contributed by atoms with Crippen LogP contribution >= 0.6 is 0 Å². The molecule has 0 saturated carbocycles. The van der Waals surface area contributed by atoms with Crippen LogP contribution in [0.5, 0.6) is 0 Å². The van der Waals surface area contributed by atoms with Crippen LogP contribution in [-0.2, 0) is 11.3 Å². The van der Waals surface area contributed by atoms with Crippen molar-refractivity contribution < 1.29 is 9.90 Å². The third-order valence-electron chi connectivity index (χ3n) is 3.42. The van der Waals surface area contributed by atoms with E-state index in [2.05, 4.69) is 34.6 Å². The molecule has 0 aliphatic carbocycles. The molecule has 0 radical (unpaired) electrons. The fourth-order valence-electron chi connectivity index (χ4n) is 2.38. The predicted octanol–water partition coefficient (Wildman–Crippen LogP) is 2.96. The molecule has 0 spiro atoms. The number of carboxylic acids is 1. The van der Waals surface area contributed by atoms with Gasteiger partial charge in [0, 0.05) is 18.5 Å². The molecule has 2 aromatic carbocycles. The maximum absolute atomic E-state index is 10.6. The number of benzene rings is 2. The van der Waals surface area contributed by atoms with Crippen LogP contribution in [0.1, 0.15) is 12.8 Å². The quantitative estimate of drug-likeness (QED) is 0.780. The van der Waals surface area contributed by atoms with Crippen LogP contribution in [0.15, 0.2) is 48.7 Å². The summed E-state index contributed by atoms with van der Waals surface area (Å²) in [7, 11) is 0. The summed E-state index contributed by atoms with van der Waals surface area (Å²) >= 11 is 0. The predicted molar refractivity (Wildman–Crippen MR) is 79.8 cm³/mol. The van der Waals surface area contributed by atoms with Gasteiger partial charge in [0.05, 0.1) is 11.9 Å². The third-order valence-corrected chi connectivity index (χ3v) is 3.42. The zero-order chi connectivity index (χ0) is 14.7. The van der Waals surface area contributed by atoms with Crippen molar-refractivity contribution in [2.24, 2.45) is 0 Å². The number of aryl methyl sites for hydroxylation is 1. The number of fused-ring (bicyclic) bond motifs is 1. The van der Waals surface area contributed by atoms with E-state index < -0.39 is 5.97 Å². The van der Waals surface area contributed by atoms with E-state index in [0.29, 0.717) is 13.0 Å². The van der Waals surface area contributed by atoms with Gasteiger partial charge in [-0.1, -0.05) is 41.6 Å². The summed E-state index contributed by atoms with van der Waals surface area (Å²) in [5.41, 5.74) is 1.94. The molecule has 0 amide bonds. The Morgan fingerprint density at radius 3 is 2.76 bits per heavy atom. The lowest BCUT2D eigenvalue weighted by atomic mass is 10.1. The minimum Gasteiger partial charge on any atom is -0.481 e. The van der Waals surface area contributed by atoms with E-state index >= 15 is 0 Å². The highest BCUT2D eigenvalue weighted by molar-refractivity contribution is 5.86. The lowest BCUT2D eigenvalue weighted by Crippen LogP contribution is -2.05.